The predicted molar refractivity (Wildman–Crippen MR) is 81.0 cm³/mol. The quantitative estimate of drug-likeness (QED) is 0.922. The molecule has 1 aliphatic carbocycles. The number of nitrogens with one attached hydrogen (secondary N) is 1. The number of furan rings is 1. The maximum atomic E-state index is 12.1. The normalized spacial score (nSPS) is 16.7. The van der Waals surface area contributed by atoms with Crippen molar-refractivity contribution in [3.63, 3.8) is 0 Å². The van der Waals surface area contributed by atoms with E-state index in [1.54, 1.807) is 25.5 Å². The molecule has 22 heavy (non-hydrogen) atoms. The van der Waals surface area contributed by atoms with Gasteiger partial charge in [-0.2, -0.15) is 0 Å². The highest BCUT2D eigenvalue weighted by atomic mass is 16.5. The van der Waals surface area contributed by atoms with Gasteiger partial charge in [-0.3, -0.25) is 4.79 Å². The number of hydrogen-bond donors (Lipinski definition) is 1. The van der Waals surface area contributed by atoms with Crippen LogP contribution in [0, 0.1) is 0 Å². The lowest BCUT2D eigenvalue weighted by Crippen LogP contribution is -2.34. The molecule has 116 valence electrons. The van der Waals surface area contributed by atoms with Crippen molar-refractivity contribution in [1.82, 2.24) is 5.32 Å². The van der Waals surface area contributed by atoms with Gasteiger partial charge in [-0.25, -0.2) is 0 Å². The molecular weight excluding hydrogens is 282 g/mol. The minimum Gasteiger partial charge on any atom is -0.497 e. The van der Waals surface area contributed by atoms with E-state index in [9.17, 15) is 4.79 Å². The van der Waals surface area contributed by atoms with E-state index in [2.05, 4.69) is 5.32 Å². The van der Waals surface area contributed by atoms with Crippen molar-refractivity contribution in [1.29, 1.82) is 0 Å². The number of fused-ring (bicyclic) bond motifs is 1. The first-order chi connectivity index (χ1) is 10.8. The topological polar surface area (TPSA) is 60.7 Å². The Morgan fingerprint density at radius 1 is 1.36 bits per heavy atom. The second kappa shape index (κ2) is 6.56. The monoisotopic (exact) mass is 301 g/mol. The van der Waals surface area contributed by atoms with Crippen molar-refractivity contribution in [2.24, 2.45) is 0 Å². The van der Waals surface area contributed by atoms with Crippen LogP contribution in [0.25, 0.3) is 0 Å². The number of methoxy groups -OCH3 is 1. The predicted octanol–water partition coefficient (Wildman–Crippen LogP) is 2.86. The Hall–Kier alpha value is -2.43. The zero-order chi connectivity index (χ0) is 15.4. The number of carbonyl (C=O) groups is 1. The van der Waals surface area contributed by atoms with Gasteiger partial charge in [-0.05, 0) is 31.0 Å². The van der Waals surface area contributed by atoms with Gasteiger partial charge in [0.05, 0.1) is 19.4 Å². The maximum Gasteiger partial charge on any atom is 0.258 e. The molecule has 0 saturated heterocycles. The van der Waals surface area contributed by atoms with Gasteiger partial charge in [-0.15, -0.1) is 0 Å². The van der Waals surface area contributed by atoms with Crippen LogP contribution in [0.2, 0.25) is 0 Å². The number of carbonyl (C=O) groups excluding carboxylic acids is 1. The molecule has 1 amide bonds. The molecule has 1 N–H and O–H groups in total. The van der Waals surface area contributed by atoms with Gasteiger partial charge in [0.15, 0.2) is 6.61 Å². The smallest absolute Gasteiger partial charge is 0.258 e. The summed E-state index contributed by atoms with van der Waals surface area (Å²) in [6.07, 6.45) is 4.57. The van der Waals surface area contributed by atoms with Crippen molar-refractivity contribution in [3.05, 3.63) is 47.9 Å². The summed E-state index contributed by atoms with van der Waals surface area (Å²) in [7, 11) is 1.59. The molecule has 2 aromatic rings. The van der Waals surface area contributed by atoms with E-state index in [-0.39, 0.29) is 18.6 Å². The first-order valence-corrected chi connectivity index (χ1v) is 7.39. The number of ether oxygens (including phenoxy) is 2. The summed E-state index contributed by atoms with van der Waals surface area (Å²) in [5.41, 5.74) is 1.08. The van der Waals surface area contributed by atoms with E-state index in [0.717, 1.165) is 30.6 Å². The van der Waals surface area contributed by atoms with Crippen LogP contribution in [0.1, 0.15) is 30.2 Å². The third kappa shape index (κ3) is 3.24. The first-order valence-electron chi connectivity index (χ1n) is 7.39. The molecule has 1 heterocycles. The zero-order valence-electron chi connectivity index (χ0n) is 12.5. The SMILES string of the molecule is COc1cccc(OCC(=O)NC2CCCc3occc32)c1. The van der Waals surface area contributed by atoms with Gasteiger partial charge in [0, 0.05) is 18.1 Å². The molecule has 1 aliphatic rings. The first kappa shape index (κ1) is 14.5. The minimum absolute atomic E-state index is 0.0170. The summed E-state index contributed by atoms with van der Waals surface area (Å²) in [4.78, 5) is 12.1. The van der Waals surface area contributed by atoms with Gasteiger partial charge in [-0.1, -0.05) is 6.07 Å². The average molecular weight is 301 g/mol. The Labute approximate surface area is 129 Å². The standard InChI is InChI=1S/C17H19NO4/c1-20-12-4-2-5-13(10-12)22-11-17(19)18-15-6-3-7-16-14(15)8-9-21-16/h2,4-5,8-10,15H,3,6-7,11H2,1H3,(H,18,19). The fraction of sp³-hybridized carbons (Fsp3) is 0.353. The van der Waals surface area contributed by atoms with E-state index in [4.69, 9.17) is 13.9 Å². The van der Waals surface area contributed by atoms with Crippen LogP contribution >= 0.6 is 0 Å². The van der Waals surface area contributed by atoms with E-state index >= 15 is 0 Å². The molecule has 0 saturated carbocycles. The van der Waals surface area contributed by atoms with Crippen molar-refractivity contribution in [2.75, 3.05) is 13.7 Å². The molecule has 1 aromatic carbocycles. The van der Waals surface area contributed by atoms with Crippen LogP contribution in [0.15, 0.2) is 41.0 Å². The Kier molecular flexibility index (Phi) is 4.32. The second-order valence-electron chi connectivity index (χ2n) is 5.28. The highest BCUT2D eigenvalue weighted by molar-refractivity contribution is 5.78. The lowest BCUT2D eigenvalue weighted by Gasteiger charge is -2.22. The highest BCUT2D eigenvalue weighted by Crippen LogP contribution is 2.30. The fourth-order valence-electron chi connectivity index (χ4n) is 2.71. The minimum atomic E-state index is -0.137. The molecule has 1 aromatic heterocycles. The Morgan fingerprint density at radius 2 is 2.23 bits per heavy atom. The molecule has 1 unspecified atom stereocenters. The second-order valence-corrected chi connectivity index (χ2v) is 5.28. The summed E-state index contributed by atoms with van der Waals surface area (Å²) >= 11 is 0. The van der Waals surface area contributed by atoms with Crippen molar-refractivity contribution >= 4 is 5.91 Å². The van der Waals surface area contributed by atoms with Gasteiger partial charge in [0.1, 0.15) is 17.3 Å². The number of amides is 1. The molecule has 0 aliphatic heterocycles. The molecule has 1 atom stereocenters. The molecular formula is C17H19NO4. The molecule has 3 rings (SSSR count). The van der Waals surface area contributed by atoms with E-state index in [1.165, 1.54) is 0 Å². The van der Waals surface area contributed by atoms with Crippen LogP contribution in [0.5, 0.6) is 11.5 Å². The van der Waals surface area contributed by atoms with Gasteiger partial charge < -0.3 is 19.2 Å². The third-order valence-corrected chi connectivity index (χ3v) is 3.80. The summed E-state index contributed by atoms with van der Waals surface area (Å²) < 4.78 is 16.1. The van der Waals surface area contributed by atoms with Crippen molar-refractivity contribution in [2.45, 2.75) is 25.3 Å². The van der Waals surface area contributed by atoms with Crippen LogP contribution in [0.4, 0.5) is 0 Å². The van der Waals surface area contributed by atoms with E-state index in [0.29, 0.717) is 11.5 Å². The fourth-order valence-corrected chi connectivity index (χ4v) is 2.71. The highest BCUT2D eigenvalue weighted by Gasteiger charge is 2.24. The molecule has 0 spiro atoms. The van der Waals surface area contributed by atoms with Crippen molar-refractivity contribution < 1.29 is 18.7 Å². The summed E-state index contributed by atoms with van der Waals surface area (Å²) in [5.74, 6) is 2.16. The van der Waals surface area contributed by atoms with E-state index in [1.807, 2.05) is 18.2 Å². The molecule has 0 bridgehead atoms. The molecule has 0 radical (unpaired) electrons. The molecule has 0 fully saturated rings. The van der Waals surface area contributed by atoms with Crippen LogP contribution in [-0.2, 0) is 11.2 Å². The Bertz CT molecular complexity index is 650. The number of benzene rings is 1. The summed E-state index contributed by atoms with van der Waals surface area (Å²) in [6.45, 7) is -0.0170. The molecule has 5 heteroatoms. The van der Waals surface area contributed by atoms with E-state index < -0.39 is 0 Å². The largest absolute Gasteiger partial charge is 0.497 e. The average Bonchev–Trinajstić information content (AvgIpc) is 3.03. The lowest BCUT2D eigenvalue weighted by atomic mass is 9.93. The van der Waals surface area contributed by atoms with Crippen LogP contribution < -0.4 is 14.8 Å². The lowest BCUT2D eigenvalue weighted by molar-refractivity contribution is -0.124. The van der Waals surface area contributed by atoms with Gasteiger partial charge in [0.25, 0.3) is 5.91 Å². The number of hydrogen-bond acceptors (Lipinski definition) is 4. The van der Waals surface area contributed by atoms with Crippen LogP contribution in [-0.4, -0.2) is 19.6 Å². The summed E-state index contributed by atoms with van der Waals surface area (Å²) in [6, 6.07) is 9.15. The van der Waals surface area contributed by atoms with Crippen molar-refractivity contribution in [3.8, 4) is 11.5 Å². The molecule has 5 nitrogen and oxygen atoms in total. The van der Waals surface area contributed by atoms with Gasteiger partial charge >= 0.3 is 0 Å². The number of rotatable bonds is 5. The van der Waals surface area contributed by atoms with Crippen LogP contribution in [0.3, 0.4) is 0 Å². The Morgan fingerprint density at radius 3 is 3.09 bits per heavy atom. The van der Waals surface area contributed by atoms with Gasteiger partial charge in [0.2, 0.25) is 0 Å². The third-order valence-electron chi connectivity index (χ3n) is 3.80. The number of aryl methyl sites for hydroxylation is 1. The Balaban J connectivity index is 1.55. The zero-order valence-corrected chi connectivity index (χ0v) is 12.5. The maximum absolute atomic E-state index is 12.1. The summed E-state index contributed by atoms with van der Waals surface area (Å²) in [5, 5.41) is 3.00.